The molecule has 0 aromatic heterocycles. The van der Waals surface area contributed by atoms with Gasteiger partial charge in [0, 0.05) is 10.8 Å². The van der Waals surface area contributed by atoms with Crippen LogP contribution < -0.4 is 59.4 Å². The molecule has 1 radical (unpaired) electrons. The Morgan fingerprint density at radius 2 is 0.827 bits per heavy atom. The summed E-state index contributed by atoms with van der Waals surface area (Å²) in [5, 5.41) is 66.2. The number of benzene rings is 6. The molecule has 0 fully saturated rings. The number of azo groups is 2. The Kier molecular flexibility index (Phi) is 14.4. The molecular formula is C34H26CrN6NaO8S2. The molecule has 0 bridgehead atoms. The van der Waals surface area contributed by atoms with Crippen molar-refractivity contribution in [1.82, 2.24) is 9.44 Å². The fourth-order valence-corrected chi connectivity index (χ4v) is 6.10. The maximum absolute atomic E-state index is 12.1. The van der Waals surface area contributed by atoms with E-state index in [1.54, 1.807) is 36.4 Å². The van der Waals surface area contributed by atoms with Crippen LogP contribution in [0.25, 0.3) is 21.5 Å². The van der Waals surface area contributed by atoms with E-state index < -0.39 is 31.5 Å². The van der Waals surface area contributed by atoms with Crippen LogP contribution in [-0.4, -0.2) is 30.9 Å². The standard InChI is InChI=1S/2C17H15N3O4S.Cr.Na/c2*1-18-25(23,24)12-7-9-15(21)14(10-12)19-20-17-13-5-3-2-4-11(13)6-8-16(17)22;;/h2*2-10,18,21-22H,1H3;;/q;;+3;+1/p-4. The predicted octanol–water partition coefficient (Wildman–Crippen LogP) is 1.62. The van der Waals surface area contributed by atoms with Gasteiger partial charge in [0.05, 0.1) is 32.5 Å². The van der Waals surface area contributed by atoms with Crippen molar-refractivity contribution >= 4 is 64.3 Å². The van der Waals surface area contributed by atoms with Crippen molar-refractivity contribution in [1.29, 1.82) is 0 Å². The smallest absolute Gasteiger partial charge is 0.871 e. The van der Waals surface area contributed by atoms with E-state index >= 15 is 0 Å². The third kappa shape index (κ3) is 9.52. The number of nitrogens with zero attached hydrogens (tertiary/aromatic N) is 4. The molecule has 14 nitrogen and oxygen atoms in total. The first-order valence-electron chi connectivity index (χ1n) is 14.5. The van der Waals surface area contributed by atoms with Crippen LogP contribution in [0.4, 0.5) is 22.7 Å². The number of hydrogen-bond donors (Lipinski definition) is 2. The van der Waals surface area contributed by atoms with E-state index in [2.05, 4.69) is 29.9 Å². The molecule has 0 aliphatic rings. The first-order chi connectivity index (χ1) is 23.8. The van der Waals surface area contributed by atoms with Crippen molar-refractivity contribution in [3.63, 3.8) is 0 Å². The quantitative estimate of drug-likeness (QED) is 0.170. The van der Waals surface area contributed by atoms with Gasteiger partial charge in [-0.2, -0.15) is 20.5 Å². The van der Waals surface area contributed by atoms with Gasteiger partial charge in [0.15, 0.2) is 0 Å². The minimum Gasteiger partial charge on any atom is -0.871 e. The molecule has 0 amide bonds. The van der Waals surface area contributed by atoms with Crippen LogP contribution in [0.1, 0.15) is 0 Å². The summed E-state index contributed by atoms with van der Waals surface area (Å²) in [5.74, 6) is -1.67. The van der Waals surface area contributed by atoms with Gasteiger partial charge < -0.3 is 20.4 Å². The van der Waals surface area contributed by atoms with Crippen LogP contribution in [0, 0.1) is 0 Å². The van der Waals surface area contributed by atoms with E-state index in [0.717, 1.165) is 35.0 Å². The summed E-state index contributed by atoms with van der Waals surface area (Å²) in [7, 11) is -4.90. The fraction of sp³-hybridized carbons (Fsp3) is 0.0588. The van der Waals surface area contributed by atoms with Crippen molar-refractivity contribution in [2.45, 2.75) is 9.79 Å². The van der Waals surface area contributed by atoms with Gasteiger partial charge in [-0.1, -0.05) is 108 Å². The second-order valence-corrected chi connectivity index (χ2v) is 14.1. The summed E-state index contributed by atoms with van der Waals surface area (Å²) >= 11 is 0. The zero-order valence-electron chi connectivity index (χ0n) is 27.7. The van der Waals surface area contributed by atoms with E-state index in [-0.39, 0.29) is 91.0 Å². The molecule has 18 heteroatoms. The van der Waals surface area contributed by atoms with Crippen LogP contribution in [0.3, 0.4) is 0 Å². The Balaban J connectivity index is 0.000000270. The van der Waals surface area contributed by atoms with Crippen molar-refractivity contribution in [2.75, 3.05) is 14.1 Å². The van der Waals surface area contributed by atoms with Crippen LogP contribution in [-0.2, 0) is 37.4 Å². The molecule has 0 aliphatic carbocycles. The molecule has 6 aromatic rings. The summed E-state index contributed by atoms with van der Waals surface area (Å²) in [6.45, 7) is 0. The number of rotatable bonds is 8. The molecule has 52 heavy (non-hydrogen) atoms. The normalized spacial score (nSPS) is 11.6. The topological polar surface area (TPSA) is 234 Å². The molecule has 0 aliphatic heterocycles. The summed E-state index contributed by atoms with van der Waals surface area (Å²) in [6, 6.07) is 27.2. The third-order valence-electron chi connectivity index (χ3n) is 7.26. The second-order valence-electron chi connectivity index (χ2n) is 10.3. The average Bonchev–Trinajstić information content (AvgIpc) is 3.12. The second kappa shape index (κ2) is 17.9. The number of sulfonamides is 2. The Labute approximate surface area is 332 Å². The molecule has 6 rings (SSSR count). The first kappa shape index (κ1) is 42.0. The van der Waals surface area contributed by atoms with Gasteiger partial charge in [-0.3, -0.25) is 0 Å². The van der Waals surface area contributed by atoms with E-state index in [1.807, 2.05) is 24.3 Å². The summed E-state index contributed by atoms with van der Waals surface area (Å²) in [6.07, 6.45) is 0. The first-order valence-corrected chi connectivity index (χ1v) is 17.5. The number of hydrogen-bond acceptors (Lipinski definition) is 12. The van der Waals surface area contributed by atoms with Crippen molar-refractivity contribution in [3.8, 4) is 23.0 Å². The molecule has 6 aromatic carbocycles. The van der Waals surface area contributed by atoms with Crippen molar-refractivity contribution < 1.29 is 84.2 Å². The molecule has 0 saturated heterocycles. The molecule has 2 N–H and O–H groups in total. The van der Waals surface area contributed by atoms with Crippen LogP contribution in [0.15, 0.2) is 139 Å². The van der Waals surface area contributed by atoms with Gasteiger partial charge in [0.2, 0.25) is 20.0 Å². The number of fused-ring (bicyclic) bond motifs is 2. The molecule has 0 spiro atoms. The van der Waals surface area contributed by atoms with E-state index in [9.17, 15) is 37.3 Å². The van der Waals surface area contributed by atoms with E-state index in [1.165, 1.54) is 38.4 Å². The SMILES string of the molecule is CNS(=O)(=O)c1ccc([O-])c(N=Nc2c([O-])ccc3ccccc23)c1.CNS(=O)(=O)c1ccc([O-])c(N=Nc2c([O-])ccc3ccccc23)c1.[Cr+3].[Na+]. The van der Waals surface area contributed by atoms with E-state index in [0.29, 0.717) is 10.8 Å². The van der Waals surface area contributed by atoms with Gasteiger partial charge in [0.25, 0.3) is 0 Å². The van der Waals surface area contributed by atoms with Crippen LogP contribution >= 0.6 is 0 Å². The van der Waals surface area contributed by atoms with Gasteiger partial charge >= 0.3 is 46.9 Å². The fourth-order valence-electron chi connectivity index (χ4n) is 4.60. The van der Waals surface area contributed by atoms with Gasteiger partial charge in [-0.05, 0) is 49.1 Å². The molecule has 0 atom stereocenters. The maximum Gasteiger partial charge on any atom is 3.00 e. The largest absolute Gasteiger partial charge is 3.00 e. The summed E-state index contributed by atoms with van der Waals surface area (Å²) in [5.41, 5.74) is -0.133. The monoisotopic (exact) mass is 785 g/mol. The van der Waals surface area contributed by atoms with Crippen molar-refractivity contribution in [2.24, 2.45) is 20.5 Å². The summed E-state index contributed by atoms with van der Waals surface area (Å²) in [4.78, 5) is -0.215. The predicted molar refractivity (Wildman–Crippen MR) is 179 cm³/mol. The minimum absolute atomic E-state index is 0. The van der Waals surface area contributed by atoms with Crippen LogP contribution in [0.2, 0.25) is 0 Å². The molecule has 0 heterocycles. The van der Waals surface area contributed by atoms with Gasteiger partial charge in [0.1, 0.15) is 0 Å². The zero-order valence-corrected chi connectivity index (χ0v) is 32.6. The molecule has 259 valence electrons. The Hall–Kier alpha value is -4.41. The number of nitrogens with one attached hydrogen (secondary N) is 2. The van der Waals surface area contributed by atoms with E-state index in [4.69, 9.17) is 0 Å². The molecule has 0 unspecified atom stereocenters. The Bertz CT molecular complexity index is 2350. The summed E-state index contributed by atoms with van der Waals surface area (Å²) < 4.78 is 51.6. The maximum atomic E-state index is 12.1. The molecular weight excluding hydrogens is 760 g/mol. The molecule has 0 saturated carbocycles. The van der Waals surface area contributed by atoms with Gasteiger partial charge in [-0.25, -0.2) is 26.3 Å². The third-order valence-corrected chi connectivity index (χ3v) is 10.1. The Morgan fingerprint density at radius 1 is 0.481 bits per heavy atom. The average molecular weight is 786 g/mol. The Morgan fingerprint density at radius 3 is 1.19 bits per heavy atom. The van der Waals surface area contributed by atoms with Crippen molar-refractivity contribution in [3.05, 3.63) is 109 Å². The minimum atomic E-state index is -3.72. The zero-order chi connectivity index (χ0) is 36.1. The van der Waals surface area contributed by atoms with Gasteiger partial charge in [-0.15, -0.1) is 0 Å². The van der Waals surface area contributed by atoms with Crippen LogP contribution in [0.5, 0.6) is 23.0 Å².